The predicted molar refractivity (Wildman–Crippen MR) is 46.2 cm³/mol. The minimum absolute atomic E-state index is 0.0683. The van der Waals surface area contributed by atoms with Gasteiger partial charge in [-0.2, -0.15) is 0 Å². The number of hydrogen-bond donors (Lipinski definition) is 3. The van der Waals surface area contributed by atoms with E-state index in [1.54, 1.807) is 0 Å². The first-order valence-corrected chi connectivity index (χ1v) is 3.60. The number of hydrazine groups is 1. The van der Waals surface area contributed by atoms with E-state index in [-0.39, 0.29) is 11.3 Å². The zero-order chi connectivity index (χ0) is 10.7. The molecule has 1 rings (SSSR count). The Morgan fingerprint density at radius 2 is 2.07 bits per heavy atom. The van der Waals surface area contributed by atoms with Gasteiger partial charge in [-0.1, -0.05) is 0 Å². The average Bonchev–Trinajstić information content (AvgIpc) is 2.16. The van der Waals surface area contributed by atoms with Crippen LogP contribution in [0, 0.1) is 5.82 Å². The number of hydrogen-bond acceptors (Lipinski definition) is 4. The lowest BCUT2D eigenvalue weighted by molar-refractivity contribution is -0.131. The Kier molecular flexibility index (Phi) is 2.78. The van der Waals surface area contributed by atoms with E-state index in [4.69, 9.17) is 10.9 Å². The molecule has 0 amide bonds. The Balaban J connectivity index is 3.23. The number of ketones is 1. The van der Waals surface area contributed by atoms with Crippen LogP contribution in [0.4, 0.5) is 10.1 Å². The number of carbonyl (C=O) groups excluding carboxylic acids is 1. The van der Waals surface area contributed by atoms with Gasteiger partial charge in [0.2, 0.25) is 0 Å². The van der Waals surface area contributed by atoms with Gasteiger partial charge in [0.05, 0.1) is 11.3 Å². The van der Waals surface area contributed by atoms with Gasteiger partial charge in [-0.25, -0.2) is 9.18 Å². The van der Waals surface area contributed by atoms with Crippen LogP contribution in [0.3, 0.4) is 0 Å². The zero-order valence-corrected chi connectivity index (χ0v) is 6.95. The highest BCUT2D eigenvalue weighted by Crippen LogP contribution is 2.16. The fourth-order valence-electron chi connectivity index (χ4n) is 0.945. The summed E-state index contributed by atoms with van der Waals surface area (Å²) in [6.45, 7) is 0. The lowest BCUT2D eigenvalue weighted by Gasteiger charge is -2.04. The second-order valence-electron chi connectivity index (χ2n) is 2.47. The number of nitrogens with one attached hydrogen (secondary N) is 1. The van der Waals surface area contributed by atoms with Gasteiger partial charge in [-0.15, -0.1) is 0 Å². The first-order chi connectivity index (χ1) is 6.56. The number of carboxylic acids is 1. The van der Waals surface area contributed by atoms with Crippen molar-refractivity contribution in [2.24, 2.45) is 5.84 Å². The van der Waals surface area contributed by atoms with Crippen molar-refractivity contribution in [1.82, 2.24) is 0 Å². The summed E-state index contributed by atoms with van der Waals surface area (Å²) in [7, 11) is 0. The van der Waals surface area contributed by atoms with Crippen molar-refractivity contribution in [2.75, 3.05) is 5.43 Å². The van der Waals surface area contributed by atoms with E-state index in [2.05, 4.69) is 5.43 Å². The van der Waals surface area contributed by atoms with Crippen molar-refractivity contribution < 1.29 is 19.1 Å². The van der Waals surface area contributed by atoms with Crippen LogP contribution >= 0.6 is 0 Å². The van der Waals surface area contributed by atoms with Crippen LogP contribution in [0.25, 0.3) is 0 Å². The third kappa shape index (κ3) is 1.86. The fraction of sp³-hybridized carbons (Fsp3) is 0. The summed E-state index contributed by atoms with van der Waals surface area (Å²) < 4.78 is 12.7. The van der Waals surface area contributed by atoms with E-state index in [0.717, 1.165) is 12.1 Å². The lowest BCUT2D eigenvalue weighted by atomic mass is 10.1. The first-order valence-electron chi connectivity index (χ1n) is 3.60. The summed E-state index contributed by atoms with van der Waals surface area (Å²) in [6, 6.07) is 3.06. The second-order valence-corrected chi connectivity index (χ2v) is 2.47. The number of nitrogen functional groups attached to an aromatic ring is 1. The molecule has 0 saturated heterocycles. The van der Waals surface area contributed by atoms with Crippen LogP contribution in [0.1, 0.15) is 10.4 Å². The molecule has 0 aliphatic carbocycles. The van der Waals surface area contributed by atoms with Gasteiger partial charge in [0, 0.05) is 0 Å². The molecular formula is C8H7FN2O3. The Bertz CT molecular complexity index is 392. The van der Waals surface area contributed by atoms with E-state index in [1.807, 2.05) is 0 Å². The molecule has 0 saturated carbocycles. The van der Waals surface area contributed by atoms with Gasteiger partial charge in [-0.3, -0.25) is 10.6 Å². The minimum atomic E-state index is -1.66. The van der Waals surface area contributed by atoms with Gasteiger partial charge >= 0.3 is 5.97 Å². The van der Waals surface area contributed by atoms with Crippen molar-refractivity contribution >= 4 is 17.4 Å². The number of halogens is 1. The van der Waals surface area contributed by atoms with Crippen LogP contribution in [0.2, 0.25) is 0 Å². The van der Waals surface area contributed by atoms with Crippen LogP contribution in [-0.2, 0) is 4.79 Å². The maximum atomic E-state index is 12.7. The molecule has 74 valence electrons. The average molecular weight is 198 g/mol. The smallest absolute Gasteiger partial charge is 0.377 e. The largest absolute Gasteiger partial charge is 0.475 e. The van der Waals surface area contributed by atoms with Crippen molar-refractivity contribution in [3.05, 3.63) is 29.6 Å². The Hall–Kier alpha value is -1.95. The van der Waals surface area contributed by atoms with Crippen LogP contribution in [-0.4, -0.2) is 16.9 Å². The molecule has 0 aromatic heterocycles. The standard InChI is InChI=1S/C8H7FN2O3/c9-4-1-2-6(11-10)5(3-4)7(12)8(13)14/h1-3,11H,10H2,(H,13,14). The molecule has 5 nitrogen and oxygen atoms in total. The Labute approximate surface area is 78.3 Å². The molecule has 0 spiro atoms. The number of rotatable bonds is 3. The molecule has 4 N–H and O–H groups in total. The molecule has 6 heteroatoms. The quantitative estimate of drug-likeness (QED) is 0.282. The Morgan fingerprint density at radius 1 is 1.43 bits per heavy atom. The van der Waals surface area contributed by atoms with E-state index < -0.39 is 17.6 Å². The van der Waals surface area contributed by atoms with Gasteiger partial charge < -0.3 is 10.5 Å². The third-order valence-electron chi connectivity index (χ3n) is 1.58. The highest BCUT2D eigenvalue weighted by Gasteiger charge is 2.18. The fourth-order valence-corrected chi connectivity index (χ4v) is 0.945. The van der Waals surface area contributed by atoms with Crippen LogP contribution in [0.15, 0.2) is 18.2 Å². The summed E-state index contributed by atoms with van der Waals surface area (Å²) in [5.74, 6) is 1.45. The van der Waals surface area contributed by atoms with Crippen molar-refractivity contribution in [3.8, 4) is 0 Å². The van der Waals surface area contributed by atoms with Gasteiger partial charge in [0.1, 0.15) is 5.82 Å². The second kappa shape index (κ2) is 3.84. The number of anilines is 1. The molecule has 1 aromatic rings. The SMILES string of the molecule is NNc1ccc(F)cc1C(=O)C(=O)O. The molecule has 0 fully saturated rings. The summed E-state index contributed by atoms with van der Waals surface area (Å²) in [5.41, 5.74) is 1.87. The number of nitrogens with two attached hydrogens (primary N) is 1. The van der Waals surface area contributed by atoms with Crippen molar-refractivity contribution in [1.29, 1.82) is 0 Å². The molecule has 0 aliphatic rings. The van der Waals surface area contributed by atoms with E-state index in [1.165, 1.54) is 6.07 Å². The number of aliphatic carboxylic acids is 1. The molecule has 0 atom stereocenters. The molecular weight excluding hydrogens is 191 g/mol. The van der Waals surface area contributed by atoms with E-state index >= 15 is 0 Å². The van der Waals surface area contributed by atoms with E-state index in [9.17, 15) is 14.0 Å². The number of benzene rings is 1. The maximum absolute atomic E-state index is 12.7. The summed E-state index contributed by atoms with van der Waals surface area (Å²) in [6.07, 6.45) is 0. The number of carboxylic acid groups (broad SMARTS) is 1. The normalized spacial score (nSPS) is 9.57. The van der Waals surface area contributed by atoms with Crippen LogP contribution in [0.5, 0.6) is 0 Å². The maximum Gasteiger partial charge on any atom is 0.377 e. The van der Waals surface area contributed by atoms with Gasteiger partial charge in [0.25, 0.3) is 5.78 Å². The summed E-state index contributed by atoms with van der Waals surface area (Å²) in [5, 5.41) is 8.41. The molecule has 0 unspecified atom stereocenters. The lowest BCUT2D eigenvalue weighted by Crippen LogP contribution is -2.17. The minimum Gasteiger partial charge on any atom is -0.475 e. The zero-order valence-electron chi connectivity index (χ0n) is 6.95. The molecule has 0 heterocycles. The monoisotopic (exact) mass is 198 g/mol. The van der Waals surface area contributed by atoms with Gasteiger partial charge in [-0.05, 0) is 18.2 Å². The highest BCUT2D eigenvalue weighted by atomic mass is 19.1. The van der Waals surface area contributed by atoms with Crippen LogP contribution < -0.4 is 11.3 Å². The number of carbonyl (C=O) groups is 2. The summed E-state index contributed by atoms with van der Waals surface area (Å²) >= 11 is 0. The highest BCUT2D eigenvalue weighted by molar-refractivity contribution is 6.41. The van der Waals surface area contributed by atoms with Crippen molar-refractivity contribution in [3.63, 3.8) is 0 Å². The van der Waals surface area contributed by atoms with Gasteiger partial charge in [0.15, 0.2) is 0 Å². The molecule has 0 aliphatic heterocycles. The Morgan fingerprint density at radius 3 is 2.57 bits per heavy atom. The van der Waals surface area contributed by atoms with E-state index in [0.29, 0.717) is 0 Å². The molecule has 1 aromatic carbocycles. The molecule has 14 heavy (non-hydrogen) atoms. The molecule has 0 bridgehead atoms. The predicted octanol–water partition coefficient (Wildman–Crippen LogP) is 0.379. The number of Topliss-reactive ketones (excluding diaryl/α,β-unsaturated/α-hetero) is 1. The van der Waals surface area contributed by atoms with Crippen molar-refractivity contribution in [2.45, 2.75) is 0 Å². The first kappa shape index (κ1) is 10.1. The summed E-state index contributed by atoms with van der Waals surface area (Å²) in [4.78, 5) is 21.4. The third-order valence-corrected chi connectivity index (χ3v) is 1.58. The molecule has 0 radical (unpaired) electrons. The topological polar surface area (TPSA) is 92.4 Å².